The van der Waals surface area contributed by atoms with Crippen LogP contribution in [0.3, 0.4) is 0 Å². The minimum absolute atomic E-state index is 0. The van der Waals surface area contributed by atoms with Crippen molar-refractivity contribution in [1.29, 1.82) is 0 Å². The van der Waals surface area contributed by atoms with Gasteiger partial charge in [-0.15, -0.1) is 19.3 Å². The zero-order valence-electron chi connectivity index (χ0n) is 49.0. The molecule has 0 amide bonds. The van der Waals surface area contributed by atoms with Gasteiger partial charge in [-0.25, -0.2) is 9.59 Å². The Kier molecular flexibility index (Phi) is 30.9. The van der Waals surface area contributed by atoms with Gasteiger partial charge in [-0.3, -0.25) is 4.70 Å². The van der Waals surface area contributed by atoms with Gasteiger partial charge >= 0.3 is 11.9 Å². The van der Waals surface area contributed by atoms with Crippen molar-refractivity contribution in [3.05, 3.63) is 144 Å². The molecule has 82 heavy (non-hydrogen) atoms. The third-order valence-corrected chi connectivity index (χ3v) is 27.1. The molecular formula is C65H91FO14Si2. The lowest BCUT2D eigenvalue weighted by Gasteiger charge is -2.43. The summed E-state index contributed by atoms with van der Waals surface area (Å²) < 4.78 is 48.2. The van der Waals surface area contributed by atoms with Crippen molar-refractivity contribution < 1.29 is 72.0 Å². The van der Waals surface area contributed by atoms with Crippen LogP contribution in [0.4, 0.5) is 4.70 Å². The minimum Gasteiger partial charge on any atom is -0.453 e. The molecule has 0 aliphatic carbocycles. The largest absolute Gasteiger partial charge is 0.453 e. The predicted octanol–water partition coefficient (Wildman–Crippen LogP) is 11.5. The van der Waals surface area contributed by atoms with Crippen molar-refractivity contribution in [2.75, 3.05) is 19.8 Å². The number of terminal acetylenes is 3. The first-order chi connectivity index (χ1) is 38.0. The van der Waals surface area contributed by atoms with Gasteiger partial charge in [-0.2, -0.15) is 0 Å². The topological polar surface area (TPSA) is 189 Å². The fourth-order valence-corrected chi connectivity index (χ4v) is 22.0. The van der Waals surface area contributed by atoms with E-state index < -0.39 is 103 Å². The Hall–Kier alpha value is -5.54. The maximum absolute atomic E-state index is 13.1. The van der Waals surface area contributed by atoms with E-state index in [0.29, 0.717) is 44.4 Å². The number of ether oxygens (including phenoxy) is 6. The number of hydrogen-bond donors (Lipinski definition) is 4. The molecule has 4 aromatic carbocycles. The summed E-state index contributed by atoms with van der Waals surface area (Å²) >= 11 is 0. The third-order valence-electron chi connectivity index (χ3n) is 14.9. The van der Waals surface area contributed by atoms with Crippen LogP contribution in [0, 0.1) is 37.0 Å². The van der Waals surface area contributed by atoms with E-state index in [1.165, 1.54) is 0 Å². The molecule has 2 heterocycles. The zero-order valence-corrected chi connectivity index (χ0v) is 51.0. The lowest BCUT2D eigenvalue weighted by molar-refractivity contribution is -0.0941. The lowest BCUT2D eigenvalue weighted by Crippen LogP contribution is -2.51. The second kappa shape index (κ2) is 34.9. The second-order valence-electron chi connectivity index (χ2n) is 21.9. The molecule has 2 fully saturated rings. The van der Waals surface area contributed by atoms with Gasteiger partial charge in [0.15, 0.2) is 30.9 Å². The average Bonchev–Trinajstić information content (AvgIpc) is 4.21. The Morgan fingerprint density at radius 3 is 1.22 bits per heavy atom. The summed E-state index contributed by atoms with van der Waals surface area (Å²) in [5.74, 6) is 6.16. The molecule has 14 nitrogen and oxygen atoms in total. The molecule has 2 saturated heterocycles. The molecule has 0 radical (unpaired) electrons. The van der Waals surface area contributed by atoms with Crippen molar-refractivity contribution in [3.8, 4) is 37.0 Å². The van der Waals surface area contributed by atoms with Gasteiger partial charge < -0.3 is 57.7 Å². The first kappa shape index (κ1) is 72.6. The highest BCUT2D eigenvalue weighted by Crippen LogP contribution is 2.44. The van der Waals surface area contributed by atoms with Crippen LogP contribution >= 0.6 is 0 Å². The van der Waals surface area contributed by atoms with Crippen molar-refractivity contribution >= 4 is 28.6 Å². The summed E-state index contributed by atoms with van der Waals surface area (Å²) in [4.78, 5) is 25.6. The van der Waals surface area contributed by atoms with Gasteiger partial charge in [0.05, 0.1) is 30.9 Å². The van der Waals surface area contributed by atoms with E-state index >= 15 is 0 Å². The Labute approximate surface area is 490 Å². The van der Waals surface area contributed by atoms with Gasteiger partial charge in [0.25, 0.3) is 0 Å². The van der Waals surface area contributed by atoms with Crippen LogP contribution in [-0.2, 0) is 37.3 Å². The van der Waals surface area contributed by atoms with E-state index in [-0.39, 0.29) is 25.3 Å². The quantitative estimate of drug-likeness (QED) is 0.0312. The fraction of sp³-hybridized carbons (Fsp3) is 0.508. The molecule has 0 saturated carbocycles. The Bertz CT molecular complexity index is 2540. The smallest absolute Gasteiger partial charge is 0.338 e. The molecule has 2 aliphatic rings. The molecule has 450 valence electrons. The maximum atomic E-state index is 13.1. The summed E-state index contributed by atoms with van der Waals surface area (Å²) in [5, 5.41) is 38.9. The van der Waals surface area contributed by atoms with Crippen LogP contribution in [0.5, 0.6) is 0 Å². The van der Waals surface area contributed by atoms with Gasteiger partial charge in [-0.1, -0.05) is 205 Å². The number of aliphatic hydroxyl groups excluding tert-OH is 4. The number of aliphatic hydroxyl groups is 4. The normalized spacial score (nSPS) is 20.5. The van der Waals surface area contributed by atoms with Gasteiger partial charge in [-0.05, 0) is 57.5 Å². The number of hydrogen-bond acceptors (Lipinski definition) is 14. The fourth-order valence-electron chi connectivity index (χ4n) is 11.1. The number of carbonyl (C=O) groups excluding carboxylic acids is 2. The van der Waals surface area contributed by atoms with Crippen LogP contribution in [0.2, 0.25) is 33.2 Å². The van der Waals surface area contributed by atoms with E-state index in [9.17, 15) is 24.9 Å². The van der Waals surface area contributed by atoms with Crippen molar-refractivity contribution in [2.24, 2.45) is 0 Å². The first-order valence-electron chi connectivity index (χ1n) is 27.6. The van der Waals surface area contributed by atoms with Gasteiger partial charge in [0, 0.05) is 11.1 Å². The van der Waals surface area contributed by atoms with Crippen LogP contribution in [-0.4, -0.2) is 124 Å². The predicted molar refractivity (Wildman–Crippen MR) is 324 cm³/mol. The summed E-state index contributed by atoms with van der Waals surface area (Å²) in [6.45, 7) is 26.0. The molecule has 4 N–H and O–H groups in total. The number of carbonyl (C=O) groups is 2. The first-order valence-corrected chi connectivity index (χ1v) is 31.9. The van der Waals surface area contributed by atoms with E-state index in [2.05, 4.69) is 101 Å². The molecule has 0 bridgehead atoms. The van der Waals surface area contributed by atoms with Crippen molar-refractivity contribution in [1.82, 2.24) is 0 Å². The summed E-state index contributed by atoms with van der Waals surface area (Å²) in [7, 11) is -4.47. The Balaban J connectivity index is 0.000000438. The monoisotopic (exact) mass is 1170 g/mol. The molecule has 0 aromatic heterocycles. The highest BCUT2D eigenvalue weighted by atomic mass is 28.4. The Morgan fingerprint density at radius 1 is 0.524 bits per heavy atom. The van der Waals surface area contributed by atoms with E-state index in [0.717, 1.165) is 11.1 Å². The van der Waals surface area contributed by atoms with Crippen LogP contribution in [0.15, 0.2) is 121 Å². The number of esters is 2. The van der Waals surface area contributed by atoms with Gasteiger partial charge in [0.1, 0.15) is 36.6 Å². The molecule has 17 heteroatoms. The van der Waals surface area contributed by atoms with E-state index in [4.69, 9.17) is 61.6 Å². The van der Waals surface area contributed by atoms with Crippen LogP contribution < -0.4 is 0 Å². The standard InChI is InChI=1S/C29H38O5Si.C22H34O5Si.C13H14O4.CH4.FH/c1-8-25-27(34-29(33-25)24-17-13-10-14-18-24)26(32-28(30)23-15-11-9-12-16-23)19-31-35(20(2)3,21(4)5)22(6)7;1-8-19(23)21(24)20(27-22(25)18-12-10-9-11-13-18)14-26-28(15(2)3,16(4)5)17(6)7;1-2-11-12(10(15)8-14)17-13(16-11)9-6-4-3-5-7-9;;/h1,9-18,20-22,25-27,29H,19H2,2-7H3;1,9-13,15-17,19-21,23-24H,14H2,2-7H3;1,3-7,10-15H,8H2;1H4;1H/t25?,26-,27+,29?;19-,20-,21+;10-,11?,12-,13?;;/m111../s1. The number of rotatable bonds is 23. The van der Waals surface area contributed by atoms with Crippen LogP contribution in [0.1, 0.15) is 135 Å². The second-order valence-corrected chi connectivity index (χ2v) is 32.8. The Morgan fingerprint density at radius 2 is 0.866 bits per heavy atom. The zero-order chi connectivity index (χ0) is 59.3. The highest BCUT2D eigenvalue weighted by Gasteiger charge is 2.49. The van der Waals surface area contributed by atoms with Crippen LogP contribution in [0.25, 0.3) is 0 Å². The average molecular weight is 1170 g/mol. The third kappa shape index (κ3) is 18.7. The van der Waals surface area contributed by atoms with E-state index in [1.54, 1.807) is 54.6 Å². The molecule has 0 spiro atoms. The lowest BCUT2D eigenvalue weighted by atomic mass is 10.1. The number of benzene rings is 4. The molecule has 6 rings (SSSR count). The molecule has 2 aliphatic heterocycles. The molecule has 11 atom stereocenters. The molecule has 4 aromatic rings. The minimum atomic E-state index is -2.25. The summed E-state index contributed by atoms with van der Waals surface area (Å²) in [5.41, 5.74) is 4.65. The summed E-state index contributed by atoms with van der Waals surface area (Å²) in [6, 6.07) is 36.4. The van der Waals surface area contributed by atoms with Crippen molar-refractivity contribution in [3.63, 3.8) is 0 Å². The SMILES string of the molecule is C.C#CC1OC(c2ccccc2)O[C@@H]1[C@@H](CO[Si](C(C)C)(C(C)C)C(C)C)OC(=O)c1ccccc1.C#CC1OC(c2ccccc2)O[C@@H]1[C@H](O)CO.C#C[C@@H](O)[C@H](O)[C@@H](CO[Si](C(C)C)(C(C)C)C(C)C)OC(=O)c1ccccc1.F. The summed E-state index contributed by atoms with van der Waals surface area (Å²) in [6.07, 6.45) is 6.77. The highest BCUT2D eigenvalue weighted by molar-refractivity contribution is 6.78. The number of halogens is 1. The van der Waals surface area contributed by atoms with Gasteiger partial charge in [0.2, 0.25) is 16.6 Å². The molecule has 4 unspecified atom stereocenters. The maximum Gasteiger partial charge on any atom is 0.338 e. The van der Waals surface area contributed by atoms with E-state index in [1.807, 2.05) is 66.7 Å². The van der Waals surface area contributed by atoms with Crippen molar-refractivity contribution in [2.45, 2.75) is 191 Å². The molecular weight excluding hydrogens is 1080 g/mol.